The second-order valence-electron chi connectivity index (χ2n) is 1.09. The van der Waals surface area contributed by atoms with Crippen LogP contribution in [0.1, 0.15) is 6.42 Å². The van der Waals surface area contributed by atoms with Crippen molar-refractivity contribution in [2.45, 2.75) is 6.42 Å². The molecule has 1 heteroatoms. The smallest absolute Gasteiger partial charge is 0 e. The van der Waals surface area contributed by atoms with Gasteiger partial charge in [-0.2, -0.15) is 0 Å². The minimum atomic E-state index is 0. The van der Waals surface area contributed by atoms with Crippen molar-refractivity contribution in [1.82, 2.24) is 0 Å². The molecule has 0 atom stereocenters. The molecule has 0 bridgehead atoms. The molecule has 1 rings (SSSR count). The fourth-order valence-electron chi connectivity index (χ4n) is 0.393. The predicted molar refractivity (Wildman–Crippen MR) is 22.9 cm³/mol. The summed E-state index contributed by atoms with van der Waals surface area (Å²) in [6, 6.07) is 0. The summed E-state index contributed by atoms with van der Waals surface area (Å²) in [6.07, 6.45) is 9.50. The Labute approximate surface area is 52.2 Å². The Hall–Kier alpha value is 0.168. The zero-order valence-corrected chi connectivity index (χ0v) is 5.60. The molecule has 0 aromatic heterocycles. The first kappa shape index (κ1) is 6.17. The van der Waals surface area contributed by atoms with Crippen LogP contribution < -0.4 is 0 Å². The van der Waals surface area contributed by atoms with Gasteiger partial charge in [-0.25, -0.2) is 0 Å². The van der Waals surface area contributed by atoms with E-state index in [1.165, 1.54) is 0 Å². The summed E-state index contributed by atoms with van der Waals surface area (Å²) in [4.78, 5) is 0. The van der Waals surface area contributed by atoms with Gasteiger partial charge in [-0.15, -0.1) is 0 Å². The van der Waals surface area contributed by atoms with Crippen molar-refractivity contribution in [2.75, 3.05) is 0 Å². The summed E-state index contributed by atoms with van der Waals surface area (Å²) in [7, 11) is 0. The van der Waals surface area contributed by atoms with Gasteiger partial charge < -0.3 is 0 Å². The molecule has 0 radical (unpaired) electrons. The van der Waals surface area contributed by atoms with Crippen LogP contribution in [0.25, 0.3) is 0 Å². The van der Waals surface area contributed by atoms with Crippen molar-refractivity contribution in [3.8, 4) is 0 Å². The van der Waals surface area contributed by atoms with Gasteiger partial charge in [0, 0.05) is 21.1 Å². The van der Waals surface area contributed by atoms with Gasteiger partial charge in [0.05, 0.1) is 0 Å². The summed E-state index contributed by atoms with van der Waals surface area (Å²) < 4.78 is 0. The van der Waals surface area contributed by atoms with Crippen molar-refractivity contribution < 1.29 is 21.1 Å². The predicted octanol–water partition coefficient (Wildman–Crippen LogP) is 1.50. The molecule has 1 aliphatic rings. The summed E-state index contributed by atoms with van der Waals surface area (Å²) >= 11 is 0. The molecule has 0 saturated heterocycles. The first-order valence-corrected chi connectivity index (χ1v) is 1.82. The van der Waals surface area contributed by atoms with Gasteiger partial charge in [-0.3, -0.25) is 0 Å². The molecule has 0 fully saturated rings. The van der Waals surface area contributed by atoms with E-state index >= 15 is 0 Å². The first-order chi connectivity index (χ1) is 2.50. The van der Waals surface area contributed by atoms with E-state index < -0.39 is 0 Å². The van der Waals surface area contributed by atoms with E-state index in [1.54, 1.807) is 0 Å². The minimum Gasteiger partial charge on any atom is -0.0808 e. The molecule has 0 aliphatic heterocycles. The first-order valence-electron chi connectivity index (χ1n) is 1.82. The maximum atomic E-state index is 2.12. The summed E-state index contributed by atoms with van der Waals surface area (Å²) in [6.45, 7) is 0. The molecule has 0 nitrogen and oxygen atoms in total. The van der Waals surface area contributed by atoms with Crippen LogP contribution in [0.5, 0.6) is 0 Å². The number of allylic oxidation sites excluding steroid dienone is 4. The van der Waals surface area contributed by atoms with Crippen LogP contribution in [0.15, 0.2) is 24.3 Å². The molecule has 0 aromatic rings. The molecule has 0 amide bonds. The van der Waals surface area contributed by atoms with Gasteiger partial charge in [-0.1, -0.05) is 24.3 Å². The van der Waals surface area contributed by atoms with Gasteiger partial charge in [-0.05, 0) is 6.42 Å². The van der Waals surface area contributed by atoms with Crippen molar-refractivity contribution in [1.29, 1.82) is 0 Å². The van der Waals surface area contributed by atoms with Gasteiger partial charge in [0.1, 0.15) is 0 Å². The third kappa shape index (κ3) is 1.57. The quantitative estimate of drug-likeness (QED) is 0.620. The van der Waals surface area contributed by atoms with E-state index in [-0.39, 0.29) is 21.1 Å². The van der Waals surface area contributed by atoms with E-state index in [9.17, 15) is 0 Å². The standard InChI is InChI=1S/C5H6.Pt/c1-2-4-5-3-1;/h1-4H,5H2;. The fraction of sp³-hybridized carbons (Fsp3) is 0.200. The summed E-state index contributed by atoms with van der Waals surface area (Å²) in [5.74, 6) is 0. The van der Waals surface area contributed by atoms with Crippen LogP contribution in [-0.4, -0.2) is 0 Å². The molecular weight excluding hydrogens is 255 g/mol. The molecule has 0 spiro atoms. The third-order valence-corrected chi connectivity index (χ3v) is 0.655. The average Bonchev–Trinajstić information content (AvgIpc) is 1.76. The maximum absolute atomic E-state index is 2.12. The topological polar surface area (TPSA) is 0 Å². The Morgan fingerprint density at radius 3 is 1.67 bits per heavy atom. The van der Waals surface area contributed by atoms with Crippen molar-refractivity contribution in [2.24, 2.45) is 0 Å². The third-order valence-electron chi connectivity index (χ3n) is 0.655. The Balaban J connectivity index is 0.000000250. The summed E-state index contributed by atoms with van der Waals surface area (Å²) in [5.41, 5.74) is 0. The fourth-order valence-corrected chi connectivity index (χ4v) is 0.393. The number of hydrogen-bond acceptors (Lipinski definition) is 0. The molecule has 0 saturated carbocycles. The van der Waals surface area contributed by atoms with Crippen LogP contribution in [-0.2, 0) is 21.1 Å². The second kappa shape index (κ2) is 3.36. The van der Waals surface area contributed by atoms with Gasteiger partial charge in [0.2, 0.25) is 0 Å². The van der Waals surface area contributed by atoms with E-state index in [1.807, 2.05) is 0 Å². The van der Waals surface area contributed by atoms with Crippen LogP contribution in [0.3, 0.4) is 0 Å². The van der Waals surface area contributed by atoms with Crippen LogP contribution in [0.4, 0.5) is 0 Å². The molecular formula is C5H6Pt. The van der Waals surface area contributed by atoms with Crippen LogP contribution in [0, 0.1) is 0 Å². The normalized spacial score (nSPS) is 14.7. The molecule has 0 aromatic carbocycles. The van der Waals surface area contributed by atoms with Crippen molar-refractivity contribution >= 4 is 0 Å². The molecule has 36 valence electrons. The largest absolute Gasteiger partial charge is 0.0808 e. The second-order valence-corrected chi connectivity index (χ2v) is 1.09. The SMILES string of the molecule is C1=CCC=C1.[Pt]. The van der Waals surface area contributed by atoms with Gasteiger partial charge in [0.25, 0.3) is 0 Å². The minimum absolute atomic E-state index is 0. The molecule has 0 heterocycles. The van der Waals surface area contributed by atoms with E-state index in [2.05, 4.69) is 24.3 Å². The Bertz CT molecular complexity index is 62.0. The number of hydrogen-bond donors (Lipinski definition) is 0. The Morgan fingerprint density at radius 2 is 1.50 bits per heavy atom. The zero-order chi connectivity index (χ0) is 3.54. The van der Waals surface area contributed by atoms with Crippen LogP contribution in [0.2, 0.25) is 0 Å². The Kier molecular flexibility index (Phi) is 3.46. The van der Waals surface area contributed by atoms with Gasteiger partial charge in [0.15, 0.2) is 0 Å². The average molecular weight is 261 g/mol. The monoisotopic (exact) mass is 261 g/mol. The Morgan fingerprint density at radius 1 is 1.00 bits per heavy atom. The molecule has 0 unspecified atom stereocenters. The van der Waals surface area contributed by atoms with Crippen molar-refractivity contribution in [3.63, 3.8) is 0 Å². The maximum Gasteiger partial charge on any atom is 0 e. The van der Waals surface area contributed by atoms with E-state index in [0.29, 0.717) is 0 Å². The number of rotatable bonds is 0. The summed E-state index contributed by atoms with van der Waals surface area (Å²) in [5, 5.41) is 0. The molecule has 6 heavy (non-hydrogen) atoms. The zero-order valence-electron chi connectivity index (χ0n) is 3.33. The molecule has 0 N–H and O–H groups in total. The van der Waals surface area contributed by atoms with Gasteiger partial charge >= 0.3 is 0 Å². The van der Waals surface area contributed by atoms with Crippen molar-refractivity contribution in [3.05, 3.63) is 24.3 Å². The van der Waals surface area contributed by atoms with E-state index in [4.69, 9.17) is 0 Å². The molecule has 1 aliphatic carbocycles. The van der Waals surface area contributed by atoms with Crippen LogP contribution >= 0.6 is 0 Å². The van der Waals surface area contributed by atoms with E-state index in [0.717, 1.165) is 6.42 Å².